The Bertz CT molecular complexity index is 1240. The van der Waals surface area contributed by atoms with Crippen molar-refractivity contribution in [3.63, 3.8) is 0 Å². The third kappa shape index (κ3) is 3.18. The van der Waals surface area contributed by atoms with Gasteiger partial charge < -0.3 is 19.9 Å². The van der Waals surface area contributed by atoms with Gasteiger partial charge in [-0.05, 0) is 18.2 Å². The molecule has 0 saturated carbocycles. The summed E-state index contributed by atoms with van der Waals surface area (Å²) in [6, 6.07) is 3.18. The lowest BCUT2D eigenvalue weighted by Gasteiger charge is -2.30. The Morgan fingerprint density at radius 1 is 1.03 bits per heavy atom. The van der Waals surface area contributed by atoms with E-state index in [4.69, 9.17) is 0 Å². The molecule has 1 saturated heterocycles. The monoisotopic (exact) mass is 421 g/mol. The highest BCUT2D eigenvalue weighted by atomic mass is 19.1. The lowest BCUT2D eigenvalue weighted by Crippen LogP contribution is -2.44. The van der Waals surface area contributed by atoms with Crippen LogP contribution < -0.4 is 15.6 Å². The second kappa shape index (κ2) is 7.45. The highest BCUT2D eigenvalue weighted by Gasteiger charge is 2.26. The van der Waals surface area contributed by atoms with E-state index >= 15 is 4.39 Å². The van der Waals surface area contributed by atoms with E-state index in [0.29, 0.717) is 32.2 Å². The largest absolute Gasteiger partial charge is 0.477 e. The highest BCUT2D eigenvalue weighted by Crippen LogP contribution is 2.32. The molecule has 4 rings (SSSR count). The number of fused-ring (bicyclic) bond motifs is 1. The molecule has 0 radical (unpaired) electrons. The summed E-state index contributed by atoms with van der Waals surface area (Å²) < 4.78 is 59.0. The summed E-state index contributed by atoms with van der Waals surface area (Å²) in [6.07, 6.45) is 0.756. The maximum absolute atomic E-state index is 15.6. The first kappa shape index (κ1) is 19.9. The Balaban J connectivity index is 2.12. The Morgan fingerprint density at radius 3 is 2.37 bits per heavy atom. The van der Waals surface area contributed by atoms with Crippen molar-refractivity contribution in [2.45, 2.75) is 0 Å². The minimum absolute atomic E-state index is 0.293. The average Bonchev–Trinajstić information content (AvgIpc) is 2.70. The minimum atomic E-state index is -1.65. The molecule has 0 atom stereocenters. The summed E-state index contributed by atoms with van der Waals surface area (Å²) in [7, 11) is 0. The quantitative estimate of drug-likeness (QED) is 0.637. The van der Waals surface area contributed by atoms with Crippen molar-refractivity contribution in [3.8, 4) is 5.69 Å². The van der Waals surface area contributed by atoms with Gasteiger partial charge in [-0.25, -0.2) is 22.4 Å². The highest BCUT2D eigenvalue weighted by molar-refractivity contribution is 5.94. The summed E-state index contributed by atoms with van der Waals surface area (Å²) in [6.45, 7) is 1.55. The van der Waals surface area contributed by atoms with Crippen LogP contribution in [0.2, 0.25) is 0 Å². The fraction of sp³-hybridized carbons (Fsp3) is 0.200. The van der Waals surface area contributed by atoms with Crippen molar-refractivity contribution in [2.75, 3.05) is 31.1 Å². The third-order valence-electron chi connectivity index (χ3n) is 4.99. The first-order valence-electron chi connectivity index (χ1n) is 9.01. The second-order valence-corrected chi connectivity index (χ2v) is 6.80. The molecule has 3 aromatic rings. The lowest BCUT2D eigenvalue weighted by atomic mass is 10.1. The number of nitrogens with zero attached hydrogens (tertiary/aromatic N) is 2. The van der Waals surface area contributed by atoms with Gasteiger partial charge in [-0.2, -0.15) is 0 Å². The van der Waals surface area contributed by atoms with Crippen molar-refractivity contribution < 1.29 is 27.5 Å². The van der Waals surface area contributed by atoms with Gasteiger partial charge in [0.2, 0.25) is 5.43 Å². The number of piperazine rings is 1. The molecular weight excluding hydrogens is 406 g/mol. The zero-order valence-corrected chi connectivity index (χ0v) is 15.4. The predicted molar refractivity (Wildman–Crippen MR) is 101 cm³/mol. The maximum atomic E-state index is 15.6. The molecule has 6 nitrogen and oxygen atoms in total. The molecule has 1 fully saturated rings. The average molecular weight is 421 g/mol. The first-order chi connectivity index (χ1) is 14.3. The van der Waals surface area contributed by atoms with Gasteiger partial charge in [0.1, 0.15) is 28.7 Å². The molecule has 2 aromatic carbocycles. The molecule has 0 spiro atoms. The zero-order chi connectivity index (χ0) is 21.6. The fourth-order valence-electron chi connectivity index (χ4n) is 3.60. The number of carbonyl (C=O) groups is 1. The number of aromatic nitrogens is 1. The standard InChI is InChI=1S/C20H15F4N3O3/c21-10-1-2-15(13(22)7-10)27-9-12(20(29)30)19(28)11-8-14(23)18(16(24)17(11)27)26-5-3-25-4-6-26/h1-2,7-9,25H,3-6H2,(H,29,30). The van der Waals surface area contributed by atoms with Gasteiger partial charge in [0.15, 0.2) is 5.82 Å². The van der Waals surface area contributed by atoms with E-state index in [0.717, 1.165) is 29.0 Å². The van der Waals surface area contributed by atoms with Crippen LogP contribution in [0.3, 0.4) is 0 Å². The van der Waals surface area contributed by atoms with Gasteiger partial charge in [0.05, 0.1) is 16.6 Å². The van der Waals surface area contributed by atoms with E-state index in [1.54, 1.807) is 0 Å². The number of hydrogen-bond donors (Lipinski definition) is 2. The van der Waals surface area contributed by atoms with Crippen LogP contribution in [0.4, 0.5) is 23.2 Å². The van der Waals surface area contributed by atoms with Gasteiger partial charge >= 0.3 is 5.97 Å². The number of rotatable bonds is 3. The number of nitrogens with one attached hydrogen (secondary N) is 1. The van der Waals surface area contributed by atoms with Crippen LogP contribution in [0.1, 0.15) is 10.4 Å². The lowest BCUT2D eigenvalue weighted by molar-refractivity contribution is 0.0695. The summed E-state index contributed by atoms with van der Waals surface area (Å²) in [5, 5.41) is 11.8. The van der Waals surface area contributed by atoms with E-state index in [1.807, 2.05) is 0 Å². The third-order valence-corrected chi connectivity index (χ3v) is 4.99. The fourth-order valence-corrected chi connectivity index (χ4v) is 3.60. The second-order valence-electron chi connectivity index (χ2n) is 6.80. The number of aromatic carboxylic acids is 1. The number of anilines is 1. The Kier molecular flexibility index (Phi) is 4.94. The van der Waals surface area contributed by atoms with Crippen LogP contribution in [0, 0.1) is 23.3 Å². The van der Waals surface area contributed by atoms with E-state index in [2.05, 4.69) is 5.32 Å². The van der Waals surface area contributed by atoms with E-state index in [9.17, 15) is 27.9 Å². The molecule has 0 unspecified atom stereocenters. The topological polar surface area (TPSA) is 74.6 Å². The number of halogens is 4. The predicted octanol–water partition coefficient (Wildman–Crippen LogP) is 2.65. The number of carboxylic acids is 1. The molecule has 0 amide bonds. The van der Waals surface area contributed by atoms with Crippen LogP contribution in [-0.2, 0) is 0 Å². The number of pyridine rings is 1. The number of hydrogen-bond acceptors (Lipinski definition) is 4. The van der Waals surface area contributed by atoms with Crippen molar-refractivity contribution in [1.29, 1.82) is 0 Å². The molecule has 2 N–H and O–H groups in total. The van der Waals surface area contributed by atoms with E-state index < -0.39 is 56.8 Å². The molecule has 0 aliphatic carbocycles. The molecule has 1 aromatic heterocycles. The van der Waals surface area contributed by atoms with Crippen molar-refractivity contribution >= 4 is 22.6 Å². The molecule has 1 aliphatic heterocycles. The van der Waals surface area contributed by atoms with Crippen LogP contribution in [0.15, 0.2) is 35.3 Å². The van der Waals surface area contributed by atoms with E-state index in [-0.39, 0.29) is 5.69 Å². The van der Waals surface area contributed by atoms with Crippen LogP contribution in [0.25, 0.3) is 16.6 Å². The van der Waals surface area contributed by atoms with Gasteiger partial charge in [-0.3, -0.25) is 4.79 Å². The summed E-state index contributed by atoms with van der Waals surface area (Å²) >= 11 is 0. The molecular formula is C20H15F4N3O3. The van der Waals surface area contributed by atoms with Crippen LogP contribution in [0.5, 0.6) is 0 Å². The molecule has 2 heterocycles. The van der Waals surface area contributed by atoms with E-state index in [1.165, 1.54) is 4.90 Å². The normalized spacial score (nSPS) is 14.3. The van der Waals surface area contributed by atoms with Gasteiger partial charge in [0.25, 0.3) is 0 Å². The number of benzene rings is 2. The molecule has 10 heteroatoms. The minimum Gasteiger partial charge on any atom is -0.477 e. The van der Waals surface area contributed by atoms with Crippen molar-refractivity contribution in [2.24, 2.45) is 0 Å². The maximum Gasteiger partial charge on any atom is 0.341 e. The van der Waals surface area contributed by atoms with Gasteiger partial charge in [0, 0.05) is 38.4 Å². The Morgan fingerprint density at radius 2 is 1.73 bits per heavy atom. The smallest absolute Gasteiger partial charge is 0.341 e. The summed E-state index contributed by atoms with van der Waals surface area (Å²) in [5.41, 5.74) is -3.20. The van der Waals surface area contributed by atoms with Crippen LogP contribution in [-0.4, -0.2) is 41.8 Å². The van der Waals surface area contributed by atoms with Gasteiger partial charge in [-0.1, -0.05) is 0 Å². The summed E-state index contributed by atoms with van der Waals surface area (Å²) in [4.78, 5) is 25.5. The van der Waals surface area contributed by atoms with Crippen molar-refractivity contribution in [3.05, 3.63) is 69.5 Å². The SMILES string of the molecule is O=C(O)c1cn(-c2ccc(F)cc2F)c2c(F)c(N3CCNCC3)c(F)cc2c1=O. The number of carboxylic acid groups (broad SMARTS) is 1. The molecule has 0 bridgehead atoms. The molecule has 30 heavy (non-hydrogen) atoms. The first-order valence-corrected chi connectivity index (χ1v) is 9.01. The van der Waals surface area contributed by atoms with Gasteiger partial charge in [-0.15, -0.1) is 0 Å². The van der Waals surface area contributed by atoms with Crippen LogP contribution >= 0.6 is 0 Å². The van der Waals surface area contributed by atoms with Crippen molar-refractivity contribution in [1.82, 2.24) is 9.88 Å². The Labute approximate surface area is 167 Å². The Hall–Kier alpha value is -3.40. The summed E-state index contributed by atoms with van der Waals surface area (Å²) in [5.74, 6) is -5.82. The molecule has 156 valence electrons. The molecule has 1 aliphatic rings. The zero-order valence-electron chi connectivity index (χ0n) is 15.4.